The molecule has 2 heterocycles. The molecule has 0 aliphatic heterocycles. The average Bonchev–Trinajstić information content (AvgIpc) is 3.06. The van der Waals surface area contributed by atoms with Crippen molar-refractivity contribution in [2.75, 3.05) is 12.5 Å². The Kier molecular flexibility index (Phi) is 5.20. The lowest BCUT2D eigenvalue weighted by molar-refractivity contribution is 0.284. The highest BCUT2D eigenvalue weighted by Gasteiger charge is 2.06. The zero-order valence-electron chi connectivity index (χ0n) is 14.0. The first kappa shape index (κ1) is 16.4. The molecule has 1 N–H and O–H groups in total. The fraction of sp³-hybridized carbons (Fsp3) is 0.176. The monoisotopic (exact) mass is 338 g/mol. The maximum atomic E-state index is 5.85. The molecule has 128 valence electrons. The molecule has 0 aliphatic carbocycles. The second-order valence-corrected chi connectivity index (χ2v) is 5.17. The van der Waals surface area contributed by atoms with Crippen molar-refractivity contribution >= 4 is 12.0 Å². The van der Waals surface area contributed by atoms with E-state index in [-0.39, 0.29) is 0 Å². The molecule has 8 nitrogen and oxygen atoms in total. The number of hydrogen-bond acceptors (Lipinski definition) is 7. The van der Waals surface area contributed by atoms with Crippen LogP contribution in [0, 0.1) is 0 Å². The van der Waals surface area contributed by atoms with Gasteiger partial charge in [0, 0.05) is 25.0 Å². The van der Waals surface area contributed by atoms with Crippen molar-refractivity contribution in [3.8, 4) is 11.5 Å². The Morgan fingerprint density at radius 1 is 1.24 bits per heavy atom. The first-order chi connectivity index (χ1) is 12.3. The number of nitrogens with one attached hydrogen (secondary N) is 1. The summed E-state index contributed by atoms with van der Waals surface area (Å²) in [5.74, 6) is 1.99. The Morgan fingerprint density at radius 2 is 2.16 bits per heavy atom. The molecule has 0 unspecified atom stereocenters. The largest absolute Gasteiger partial charge is 0.493 e. The molecule has 0 saturated carbocycles. The number of hydrogen-bond donors (Lipinski definition) is 1. The van der Waals surface area contributed by atoms with Crippen LogP contribution >= 0.6 is 0 Å². The minimum atomic E-state index is 0.406. The molecule has 0 fully saturated rings. The summed E-state index contributed by atoms with van der Waals surface area (Å²) in [6.07, 6.45) is 6.77. The number of anilines is 1. The number of ether oxygens (including phenoxy) is 2. The van der Waals surface area contributed by atoms with Crippen LogP contribution in [0.2, 0.25) is 0 Å². The molecule has 3 aromatic rings. The van der Waals surface area contributed by atoms with E-state index in [0.717, 1.165) is 11.1 Å². The molecular formula is C17H18N6O2. The normalized spacial score (nSPS) is 10.8. The topological polar surface area (TPSA) is 86.5 Å². The van der Waals surface area contributed by atoms with Gasteiger partial charge in [0.2, 0.25) is 0 Å². The van der Waals surface area contributed by atoms with Crippen LogP contribution in [0.15, 0.2) is 54.0 Å². The highest BCUT2D eigenvalue weighted by molar-refractivity contribution is 5.81. The van der Waals surface area contributed by atoms with Crippen molar-refractivity contribution in [3.05, 3.63) is 60.0 Å². The van der Waals surface area contributed by atoms with Gasteiger partial charge in [-0.05, 0) is 29.8 Å². The summed E-state index contributed by atoms with van der Waals surface area (Å²) in [5, 5.41) is 11.8. The fourth-order valence-electron chi connectivity index (χ4n) is 2.09. The second kappa shape index (κ2) is 7.91. The van der Waals surface area contributed by atoms with Crippen molar-refractivity contribution in [2.24, 2.45) is 12.1 Å². The molecule has 0 saturated heterocycles. The Hall–Kier alpha value is -3.42. The molecule has 0 atom stereocenters. The molecule has 2 aromatic heterocycles. The van der Waals surface area contributed by atoms with Crippen LogP contribution in [-0.2, 0) is 13.7 Å². The lowest BCUT2D eigenvalue weighted by atomic mass is 10.2. The van der Waals surface area contributed by atoms with E-state index in [2.05, 4.69) is 25.8 Å². The number of methoxy groups -OCH3 is 1. The number of nitrogens with zero attached hydrogens (tertiary/aromatic N) is 5. The summed E-state index contributed by atoms with van der Waals surface area (Å²) < 4.78 is 12.8. The average molecular weight is 338 g/mol. The van der Waals surface area contributed by atoms with Gasteiger partial charge in [-0.2, -0.15) is 5.10 Å². The van der Waals surface area contributed by atoms with E-state index >= 15 is 0 Å². The Bertz CT molecular complexity index is 847. The Morgan fingerprint density at radius 3 is 2.88 bits per heavy atom. The predicted molar refractivity (Wildman–Crippen MR) is 93.8 cm³/mol. The molecule has 0 amide bonds. The molecule has 0 aliphatic rings. The molecule has 3 rings (SSSR count). The third-order valence-electron chi connectivity index (χ3n) is 3.41. The van der Waals surface area contributed by atoms with E-state index in [4.69, 9.17) is 9.47 Å². The van der Waals surface area contributed by atoms with Gasteiger partial charge in [0.15, 0.2) is 17.3 Å². The van der Waals surface area contributed by atoms with E-state index in [1.54, 1.807) is 43.6 Å². The Labute approximate surface area is 145 Å². The maximum Gasteiger partial charge on any atom is 0.164 e. The lowest BCUT2D eigenvalue weighted by Gasteiger charge is -2.11. The molecule has 0 spiro atoms. The number of benzene rings is 1. The highest BCUT2D eigenvalue weighted by Crippen LogP contribution is 2.28. The van der Waals surface area contributed by atoms with Gasteiger partial charge in [0.25, 0.3) is 0 Å². The summed E-state index contributed by atoms with van der Waals surface area (Å²) in [4.78, 5) is 4.08. The van der Waals surface area contributed by atoms with Gasteiger partial charge in [0.1, 0.15) is 6.61 Å². The third-order valence-corrected chi connectivity index (χ3v) is 3.41. The minimum Gasteiger partial charge on any atom is -0.493 e. The third kappa shape index (κ3) is 4.31. The number of pyridine rings is 1. The highest BCUT2D eigenvalue weighted by atomic mass is 16.5. The van der Waals surface area contributed by atoms with Crippen LogP contribution in [0.4, 0.5) is 5.82 Å². The first-order valence-electron chi connectivity index (χ1n) is 7.60. The Balaban J connectivity index is 1.69. The fourth-order valence-corrected chi connectivity index (χ4v) is 2.09. The van der Waals surface area contributed by atoms with E-state index in [0.29, 0.717) is 23.9 Å². The van der Waals surface area contributed by atoms with Gasteiger partial charge in [0.05, 0.1) is 19.5 Å². The first-order valence-corrected chi connectivity index (χ1v) is 7.60. The molecule has 0 radical (unpaired) electrons. The zero-order chi connectivity index (χ0) is 17.5. The van der Waals surface area contributed by atoms with Gasteiger partial charge in [-0.1, -0.05) is 11.3 Å². The maximum absolute atomic E-state index is 5.85. The quantitative estimate of drug-likeness (QED) is 0.525. The lowest BCUT2D eigenvalue weighted by Crippen LogP contribution is -2.00. The van der Waals surface area contributed by atoms with Crippen molar-refractivity contribution in [3.63, 3.8) is 0 Å². The SMILES string of the molecule is COc1ccc(/C=N/Nc2cnnn2C)cc1OCc1cccnc1. The summed E-state index contributed by atoms with van der Waals surface area (Å²) in [5.41, 5.74) is 4.72. The summed E-state index contributed by atoms with van der Waals surface area (Å²) in [7, 11) is 3.39. The van der Waals surface area contributed by atoms with E-state index in [1.807, 2.05) is 30.3 Å². The van der Waals surface area contributed by atoms with Crippen molar-refractivity contribution in [2.45, 2.75) is 6.61 Å². The van der Waals surface area contributed by atoms with Gasteiger partial charge < -0.3 is 9.47 Å². The predicted octanol–water partition coefficient (Wildman–Crippen LogP) is 2.24. The standard InChI is InChI=1S/C17H18N6O2/c1-23-17(11-20-22-23)21-19-10-13-5-6-15(24-2)16(8-13)25-12-14-4-3-7-18-9-14/h3-11,21H,12H2,1-2H3/b19-10+. The van der Waals surface area contributed by atoms with Crippen molar-refractivity contribution < 1.29 is 9.47 Å². The number of aromatic nitrogens is 4. The van der Waals surface area contributed by atoms with Crippen LogP contribution in [0.1, 0.15) is 11.1 Å². The number of aryl methyl sites for hydroxylation is 1. The molecule has 1 aromatic carbocycles. The van der Waals surface area contributed by atoms with Gasteiger partial charge in [-0.3, -0.25) is 10.4 Å². The number of rotatable bonds is 7. The summed E-state index contributed by atoms with van der Waals surface area (Å²) in [6, 6.07) is 9.42. The molecular weight excluding hydrogens is 320 g/mol. The van der Waals surface area contributed by atoms with Gasteiger partial charge in [-0.15, -0.1) is 5.10 Å². The summed E-state index contributed by atoms with van der Waals surface area (Å²) >= 11 is 0. The van der Waals surface area contributed by atoms with Gasteiger partial charge in [-0.25, -0.2) is 4.68 Å². The van der Waals surface area contributed by atoms with E-state index < -0.39 is 0 Å². The van der Waals surface area contributed by atoms with Crippen molar-refractivity contribution in [1.29, 1.82) is 0 Å². The molecule has 0 bridgehead atoms. The molecule has 8 heteroatoms. The van der Waals surface area contributed by atoms with Gasteiger partial charge >= 0.3 is 0 Å². The smallest absolute Gasteiger partial charge is 0.164 e. The zero-order valence-corrected chi connectivity index (χ0v) is 14.0. The van der Waals surface area contributed by atoms with Crippen LogP contribution in [0.5, 0.6) is 11.5 Å². The molecule has 25 heavy (non-hydrogen) atoms. The van der Waals surface area contributed by atoms with Crippen LogP contribution in [0.25, 0.3) is 0 Å². The van der Waals surface area contributed by atoms with Crippen LogP contribution in [-0.4, -0.2) is 33.3 Å². The van der Waals surface area contributed by atoms with Crippen LogP contribution in [0.3, 0.4) is 0 Å². The second-order valence-electron chi connectivity index (χ2n) is 5.17. The van der Waals surface area contributed by atoms with Crippen LogP contribution < -0.4 is 14.9 Å². The van der Waals surface area contributed by atoms with E-state index in [9.17, 15) is 0 Å². The number of hydrazone groups is 1. The van der Waals surface area contributed by atoms with E-state index in [1.165, 1.54) is 0 Å². The summed E-state index contributed by atoms with van der Waals surface area (Å²) in [6.45, 7) is 0.406. The minimum absolute atomic E-state index is 0.406. The van der Waals surface area contributed by atoms with Crippen molar-refractivity contribution in [1.82, 2.24) is 20.0 Å².